The van der Waals surface area contributed by atoms with E-state index in [-0.39, 0.29) is 0 Å². The third-order valence-electron chi connectivity index (χ3n) is 4.84. The fraction of sp³-hybridized carbons (Fsp3) is 1.00. The maximum atomic E-state index is 9.47. The molecule has 15 heavy (non-hydrogen) atoms. The summed E-state index contributed by atoms with van der Waals surface area (Å²) in [4.78, 5) is 2.60. The van der Waals surface area contributed by atoms with Gasteiger partial charge in [-0.2, -0.15) is 0 Å². The van der Waals surface area contributed by atoms with E-state index in [1.807, 2.05) is 0 Å². The van der Waals surface area contributed by atoms with E-state index in [1.165, 1.54) is 38.8 Å². The van der Waals surface area contributed by atoms with Gasteiger partial charge in [-0.1, -0.05) is 6.92 Å². The average molecular weight is 209 g/mol. The summed E-state index contributed by atoms with van der Waals surface area (Å²) >= 11 is 0. The standard InChI is InChI=1S/C13H23NO/c1-9-4-11-6-14(7-12(11)5-9)13(8-15)10-2-3-10/h9-13,15H,2-8H2,1H3/t9?,11-,12+,13-/m0/s1. The van der Waals surface area contributed by atoms with Crippen LogP contribution >= 0.6 is 0 Å². The molecule has 3 fully saturated rings. The largest absolute Gasteiger partial charge is 0.395 e. The van der Waals surface area contributed by atoms with Gasteiger partial charge in [-0.05, 0) is 49.4 Å². The van der Waals surface area contributed by atoms with Crippen molar-refractivity contribution in [2.75, 3.05) is 19.7 Å². The molecule has 0 aromatic carbocycles. The maximum Gasteiger partial charge on any atom is 0.0589 e. The van der Waals surface area contributed by atoms with E-state index in [1.54, 1.807) is 0 Å². The van der Waals surface area contributed by atoms with Crippen LogP contribution in [0.5, 0.6) is 0 Å². The van der Waals surface area contributed by atoms with Crippen molar-refractivity contribution in [3.05, 3.63) is 0 Å². The van der Waals surface area contributed by atoms with Crippen LogP contribution in [0.3, 0.4) is 0 Å². The Morgan fingerprint density at radius 3 is 2.27 bits per heavy atom. The first-order valence-corrected chi connectivity index (χ1v) is 6.63. The Morgan fingerprint density at radius 1 is 1.20 bits per heavy atom. The Kier molecular flexibility index (Phi) is 2.52. The summed E-state index contributed by atoms with van der Waals surface area (Å²) in [5, 5.41) is 9.47. The van der Waals surface area contributed by atoms with Crippen molar-refractivity contribution in [3.63, 3.8) is 0 Å². The van der Waals surface area contributed by atoms with Gasteiger partial charge in [0, 0.05) is 19.1 Å². The normalized spacial score (nSPS) is 43.2. The summed E-state index contributed by atoms with van der Waals surface area (Å²) < 4.78 is 0. The third-order valence-corrected chi connectivity index (χ3v) is 4.84. The molecule has 1 saturated heterocycles. The summed E-state index contributed by atoms with van der Waals surface area (Å²) in [6, 6.07) is 0.505. The fourth-order valence-electron chi connectivity index (χ4n) is 3.95. The first kappa shape index (κ1) is 10.1. The minimum atomic E-state index is 0.389. The highest BCUT2D eigenvalue weighted by Crippen LogP contribution is 2.44. The quantitative estimate of drug-likeness (QED) is 0.765. The second kappa shape index (κ2) is 3.74. The zero-order chi connectivity index (χ0) is 10.4. The molecule has 1 aliphatic heterocycles. The molecular formula is C13H23NO. The molecular weight excluding hydrogens is 186 g/mol. The van der Waals surface area contributed by atoms with Gasteiger partial charge in [-0.3, -0.25) is 4.90 Å². The Labute approximate surface area is 92.7 Å². The highest BCUT2D eigenvalue weighted by atomic mass is 16.3. The minimum Gasteiger partial charge on any atom is -0.395 e. The highest BCUT2D eigenvalue weighted by molar-refractivity contribution is 4.97. The summed E-state index contributed by atoms with van der Waals surface area (Å²) in [7, 11) is 0. The molecule has 0 amide bonds. The lowest BCUT2D eigenvalue weighted by molar-refractivity contribution is 0.120. The van der Waals surface area contributed by atoms with Gasteiger partial charge >= 0.3 is 0 Å². The molecule has 3 aliphatic rings. The smallest absolute Gasteiger partial charge is 0.0589 e. The van der Waals surface area contributed by atoms with E-state index < -0.39 is 0 Å². The molecule has 3 rings (SSSR count). The first-order chi connectivity index (χ1) is 7.28. The van der Waals surface area contributed by atoms with Crippen LogP contribution in [0.2, 0.25) is 0 Å². The van der Waals surface area contributed by atoms with Crippen LogP contribution < -0.4 is 0 Å². The van der Waals surface area contributed by atoms with Crippen LogP contribution in [-0.4, -0.2) is 35.7 Å². The molecule has 0 spiro atoms. The number of aliphatic hydroxyl groups excluding tert-OH is 1. The van der Waals surface area contributed by atoms with E-state index in [2.05, 4.69) is 11.8 Å². The lowest BCUT2D eigenvalue weighted by Crippen LogP contribution is -2.38. The Bertz CT molecular complexity index is 225. The average Bonchev–Trinajstić information content (AvgIpc) is 2.84. The van der Waals surface area contributed by atoms with Crippen LogP contribution in [-0.2, 0) is 0 Å². The molecule has 2 aliphatic carbocycles. The van der Waals surface area contributed by atoms with Crippen molar-refractivity contribution >= 4 is 0 Å². The van der Waals surface area contributed by atoms with Crippen molar-refractivity contribution < 1.29 is 5.11 Å². The number of nitrogens with zero attached hydrogens (tertiary/aromatic N) is 1. The van der Waals surface area contributed by atoms with Crippen molar-refractivity contribution in [2.24, 2.45) is 23.7 Å². The second-order valence-corrected chi connectivity index (χ2v) is 6.14. The number of aliphatic hydroxyl groups is 1. The molecule has 0 aromatic heterocycles. The van der Waals surface area contributed by atoms with Crippen LogP contribution in [0.4, 0.5) is 0 Å². The SMILES string of the molecule is CC1C[C@@H]2CN([C@@H](CO)C3CC3)C[C@@H]2C1. The van der Waals surface area contributed by atoms with Gasteiger partial charge in [0.25, 0.3) is 0 Å². The van der Waals surface area contributed by atoms with Gasteiger partial charge in [-0.15, -0.1) is 0 Å². The van der Waals surface area contributed by atoms with Crippen molar-refractivity contribution in [3.8, 4) is 0 Å². The lowest BCUT2D eigenvalue weighted by atomic mass is 10.0. The van der Waals surface area contributed by atoms with Gasteiger partial charge < -0.3 is 5.11 Å². The summed E-state index contributed by atoms with van der Waals surface area (Å²) in [6.45, 7) is 5.33. The predicted molar refractivity (Wildman–Crippen MR) is 60.5 cm³/mol. The number of rotatable bonds is 3. The van der Waals surface area contributed by atoms with Crippen LogP contribution in [0.1, 0.15) is 32.6 Å². The van der Waals surface area contributed by atoms with Gasteiger partial charge in [0.1, 0.15) is 0 Å². The van der Waals surface area contributed by atoms with Crippen molar-refractivity contribution in [2.45, 2.75) is 38.6 Å². The zero-order valence-corrected chi connectivity index (χ0v) is 9.73. The number of hydrogen-bond acceptors (Lipinski definition) is 2. The third kappa shape index (κ3) is 1.83. The van der Waals surface area contributed by atoms with E-state index in [9.17, 15) is 5.11 Å². The monoisotopic (exact) mass is 209 g/mol. The van der Waals surface area contributed by atoms with Crippen molar-refractivity contribution in [1.29, 1.82) is 0 Å². The van der Waals surface area contributed by atoms with Gasteiger partial charge in [0.2, 0.25) is 0 Å². The molecule has 1 heterocycles. The van der Waals surface area contributed by atoms with Crippen LogP contribution in [0.25, 0.3) is 0 Å². The van der Waals surface area contributed by atoms with Gasteiger partial charge in [0.05, 0.1) is 6.61 Å². The molecule has 4 atom stereocenters. The van der Waals surface area contributed by atoms with Crippen molar-refractivity contribution in [1.82, 2.24) is 4.90 Å². The molecule has 0 aromatic rings. The maximum absolute atomic E-state index is 9.47. The lowest BCUT2D eigenvalue weighted by Gasteiger charge is -2.27. The fourth-order valence-corrected chi connectivity index (χ4v) is 3.95. The highest BCUT2D eigenvalue weighted by Gasteiger charge is 2.44. The van der Waals surface area contributed by atoms with Gasteiger partial charge in [-0.25, -0.2) is 0 Å². The van der Waals surface area contributed by atoms with E-state index in [0.29, 0.717) is 12.6 Å². The van der Waals surface area contributed by atoms with E-state index in [0.717, 1.165) is 23.7 Å². The van der Waals surface area contributed by atoms with Crippen LogP contribution in [0.15, 0.2) is 0 Å². The Hall–Kier alpha value is -0.0800. The topological polar surface area (TPSA) is 23.5 Å². The molecule has 86 valence electrons. The first-order valence-electron chi connectivity index (χ1n) is 6.63. The molecule has 1 N–H and O–H groups in total. The Balaban J connectivity index is 1.61. The molecule has 2 heteroatoms. The zero-order valence-electron chi connectivity index (χ0n) is 9.73. The second-order valence-electron chi connectivity index (χ2n) is 6.14. The van der Waals surface area contributed by atoms with Gasteiger partial charge in [0.15, 0.2) is 0 Å². The summed E-state index contributed by atoms with van der Waals surface area (Å²) in [6.07, 6.45) is 5.58. The number of hydrogen-bond donors (Lipinski definition) is 1. The Morgan fingerprint density at radius 2 is 1.80 bits per heavy atom. The van der Waals surface area contributed by atoms with Crippen LogP contribution in [0, 0.1) is 23.7 Å². The number of likely N-dealkylation sites (tertiary alicyclic amines) is 1. The molecule has 0 radical (unpaired) electrons. The van der Waals surface area contributed by atoms with E-state index >= 15 is 0 Å². The number of fused-ring (bicyclic) bond motifs is 1. The predicted octanol–water partition coefficient (Wildman–Crippen LogP) is 1.74. The van der Waals surface area contributed by atoms with E-state index in [4.69, 9.17) is 0 Å². The summed E-state index contributed by atoms with van der Waals surface area (Å²) in [5.74, 6) is 3.68. The molecule has 1 unspecified atom stereocenters. The molecule has 2 nitrogen and oxygen atoms in total. The minimum absolute atomic E-state index is 0.389. The molecule has 0 bridgehead atoms. The summed E-state index contributed by atoms with van der Waals surface area (Å²) in [5.41, 5.74) is 0. The molecule has 2 saturated carbocycles.